The number of hydrogen-bond acceptors (Lipinski definition) is 3. The van der Waals surface area contributed by atoms with Crippen LogP contribution in [0.25, 0.3) is 5.78 Å². The lowest BCUT2D eigenvalue weighted by Crippen LogP contribution is -1.91. The average Bonchev–Trinajstić information content (AvgIpc) is 2.59. The third kappa shape index (κ3) is 1.43. The van der Waals surface area contributed by atoms with E-state index in [0.717, 1.165) is 5.69 Å². The van der Waals surface area contributed by atoms with Gasteiger partial charge in [0.2, 0.25) is 11.7 Å². The lowest BCUT2D eigenvalue weighted by atomic mass is 10.2. The smallest absolute Gasteiger partial charge is 0.237 e. The largest absolute Gasteiger partial charge is 0.481 e. The standard InChI is InChI=1S/C10H13N3O/c1-7(2)8-6-13-5-4-9(14-3)12-10(13)11-8/h4-7H,1-3H3. The minimum absolute atomic E-state index is 0.419. The molecule has 4 nitrogen and oxygen atoms in total. The molecule has 0 bridgehead atoms. The first-order valence-corrected chi connectivity index (χ1v) is 4.60. The summed E-state index contributed by atoms with van der Waals surface area (Å²) in [5, 5.41) is 0. The monoisotopic (exact) mass is 191 g/mol. The highest BCUT2D eigenvalue weighted by Crippen LogP contribution is 2.15. The second-order valence-electron chi connectivity index (χ2n) is 3.50. The fourth-order valence-electron chi connectivity index (χ4n) is 1.27. The van der Waals surface area contributed by atoms with Crippen LogP contribution in [0.4, 0.5) is 0 Å². The van der Waals surface area contributed by atoms with Gasteiger partial charge in [0.15, 0.2) is 0 Å². The number of imidazole rings is 1. The zero-order chi connectivity index (χ0) is 10.1. The van der Waals surface area contributed by atoms with E-state index in [4.69, 9.17) is 4.74 Å². The molecule has 0 unspecified atom stereocenters. The Balaban J connectivity index is 2.54. The van der Waals surface area contributed by atoms with E-state index < -0.39 is 0 Å². The normalized spacial score (nSPS) is 11.1. The number of aromatic nitrogens is 3. The number of methoxy groups -OCH3 is 1. The summed E-state index contributed by atoms with van der Waals surface area (Å²) in [6.07, 6.45) is 3.90. The van der Waals surface area contributed by atoms with Gasteiger partial charge in [0, 0.05) is 18.5 Å². The Kier molecular flexibility index (Phi) is 2.11. The van der Waals surface area contributed by atoms with E-state index in [-0.39, 0.29) is 0 Å². The van der Waals surface area contributed by atoms with Gasteiger partial charge in [-0.05, 0) is 5.92 Å². The van der Waals surface area contributed by atoms with Gasteiger partial charge in [-0.1, -0.05) is 13.8 Å². The Hall–Kier alpha value is -1.58. The molecular weight excluding hydrogens is 178 g/mol. The lowest BCUT2D eigenvalue weighted by molar-refractivity contribution is 0.398. The molecule has 0 aliphatic heterocycles. The molecule has 0 radical (unpaired) electrons. The molecule has 0 fully saturated rings. The summed E-state index contributed by atoms with van der Waals surface area (Å²) >= 11 is 0. The Labute approximate surface area is 82.6 Å². The molecule has 4 heteroatoms. The van der Waals surface area contributed by atoms with Crippen LogP contribution < -0.4 is 4.74 Å². The maximum absolute atomic E-state index is 5.03. The van der Waals surface area contributed by atoms with Gasteiger partial charge in [0.25, 0.3) is 0 Å². The summed E-state index contributed by atoms with van der Waals surface area (Å²) in [4.78, 5) is 8.62. The summed E-state index contributed by atoms with van der Waals surface area (Å²) in [7, 11) is 1.60. The maximum atomic E-state index is 5.03. The van der Waals surface area contributed by atoms with Crippen molar-refractivity contribution in [3.05, 3.63) is 24.2 Å². The molecule has 0 saturated heterocycles. The molecule has 0 N–H and O–H groups in total. The first-order chi connectivity index (χ1) is 6.70. The predicted molar refractivity (Wildman–Crippen MR) is 53.6 cm³/mol. The van der Waals surface area contributed by atoms with Crippen LogP contribution in [0, 0.1) is 0 Å². The van der Waals surface area contributed by atoms with Crippen LogP contribution in [0.15, 0.2) is 18.5 Å². The van der Waals surface area contributed by atoms with Gasteiger partial charge in [-0.15, -0.1) is 0 Å². The van der Waals surface area contributed by atoms with E-state index in [1.807, 2.05) is 22.9 Å². The topological polar surface area (TPSA) is 39.4 Å². The summed E-state index contributed by atoms with van der Waals surface area (Å²) < 4.78 is 6.93. The summed E-state index contributed by atoms with van der Waals surface area (Å²) in [6, 6.07) is 1.82. The molecule has 0 aromatic carbocycles. The molecule has 0 amide bonds. The van der Waals surface area contributed by atoms with Gasteiger partial charge in [-0.2, -0.15) is 4.98 Å². The second-order valence-corrected chi connectivity index (χ2v) is 3.50. The SMILES string of the molecule is COc1ccn2cc(C(C)C)nc2n1. The molecule has 2 rings (SSSR count). The van der Waals surface area contributed by atoms with Crippen LogP contribution in [0.5, 0.6) is 5.88 Å². The third-order valence-electron chi connectivity index (χ3n) is 2.12. The fraction of sp³-hybridized carbons (Fsp3) is 0.400. The number of ether oxygens (including phenoxy) is 1. The Morgan fingerprint density at radius 2 is 2.14 bits per heavy atom. The molecule has 0 aliphatic carbocycles. The van der Waals surface area contributed by atoms with Crippen LogP contribution in [-0.2, 0) is 0 Å². The van der Waals surface area contributed by atoms with Crippen molar-refractivity contribution in [2.24, 2.45) is 0 Å². The van der Waals surface area contributed by atoms with Gasteiger partial charge in [0.1, 0.15) is 0 Å². The second kappa shape index (κ2) is 3.29. The lowest BCUT2D eigenvalue weighted by Gasteiger charge is -1.96. The highest BCUT2D eigenvalue weighted by molar-refractivity contribution is 5.34. The summed E-state index contributed by atoms with van der Waals surface area (Å²) in [6.45, 7) is 4.22. The van der Waals surface area contributed by atoms with Gasteiger partial charge in [0.05, 0.1) is 12.8 Å². The molecule has 2 aromatic heterocycles. The van der Waals surface area contributed by atoms with Crippen molar-refractivity contribution in [3.63, 3.8) is 0 Å². The predicted octanol–water partition coefficient (Wildman–Crippen LogP) is 1.86. The number of nitrogens with zero attached hydrogens (tertiary/aromatic N) is 3. The quantitative estimate of drug-likeness (QED) is 0.727. The molecular formula is C10H13N3O. The summed E-state index contributed by atoms with van der Waals surface area (Å²) in [5.41, 5.74) is 1.05. The number of hydrogen-bond donors (Lipinski definition) is 0. The molecule has 2 aromatic rings. The molecule has 74 valence electrons. The number of rotatable bonds is 2. The Morgan fingerprint density at radius 1 is 1.36 bits per heavy atom. The van der Waals surface area contributed by atoms with Gasteiger partial charge < -0.3 is 4.74 Å². The maximum Gasteiger partial charge on any atom is 0.237 e. The van der Waals surface area contributed by atoms with Crippen LogP contribution in [0.2, 0.25) is 0 Å². The zero-order valence-corrected chi connectivity index (χ0v) is 8.56. The Morgan fingerprint density at radius 3 is 2.79 bits per heavy atom. The van der Waals surface area contributed by atoms with E-state index >= 15 is 0 Å². The molecule has 0 aliphatic rings. The van der Waals surface area contributed by atoms with Crippen molar-refractivity contribution in [3.8, 4) is 5.88 Å². The van der Waals surface area contributed by atoms with E-state index in [1.165, 1.54) is 0 Å². The van der Waals surface area contributed by atoms with Gasteiger partial charge in [-0.25, -0.2) is 4.98 Å². The fourth-order valence-corrected chi connectivity index (χ4v) is 1.27. The average molecular weight is 191 g/mol. The minimum Gasteiger partial charge on any atom is -0.481 e. The van der Waals surface area contributed by atoms with Crippen molar-refractivity contribution in [2.45, 2.75) is 19.8 Å². The Bertz CT molecular complexity index is 448. The first-order valence-electron chi connectivity index (χ1n) is 4.60. The molecule has 0 atom stereocenters. The molecule has 14 heavy (non-hydrogen) atoms. The van der Waals surface area contributed by atoms with Crippen molar-refractivity contribution in [1.82, 2.24) is 14.4 Å². The van der Waals surface area contributed by atoms with Crippen molar-refractivity contribution in [2.75, 3.05) is 7.11 Å². The van der Waals surface area contributed by atoms with Crippen LogP contribution in [0.1, 0.15) is 25.5 Å². The third-order valence-corrected chi connectivity index (χ3v) is 2.12. The van der Waals surface area contributed by atoms with E-state index in [2.05, 4.69) is 23.8 Å². The van der Waals surface area contributed by atoms with E-state index in [0.29, 0.717) is 17.6 Å². The van der Waals surface area contributed by atoms with E-state index in [9.17, 15) is 0 Å². The first kappa shape index (κ1) is 8.99. The minimum atomic E-state index is 0.419. The van der Waals surface area contributed by atoms with E-state index in [1.54, 1.807) is 7.11 Å². The summed E-state index contributed by atoms with van der Waals surface area (Å²) in [5.74, 6) is 1.70. The number of fused-ring (bicyclic) bond motifs is 1. The molecule has 0 saturated carbocycles. The van der Waals surface area contributed by atoms with Crippen molar-refractivity contribution < 1.29 is 4.74 Å². The van der Waals surface area contributed by atoms with Crippen LogP contribution in [-0.4, -0.2) is 21.5 Å². The van der Waals surface area contributed by atoms with Crippen molar-refractivity contribution >= 4 is 5.78 Å². The van der Waals surface area contributed by atoms with Crippen LogP contribution in [0.3, 0.4) is 0 Å². The van der Waals surface area contributed by atoms with Crippen molar-refractivity contribution in [1.29, 1.82) is 0 Å². The molecule has 0 spiro atoms. The van der Waals surface area contributed by atoms with Crippen LogP contribution >= 0.6 is 0 Å². The zero-order valence-electron chi connectivity index (χ0n) is 8.56. The highest BCUT2D eigenvalue weighted by atomic mass is 16.5. The highest BCUT2D eigenvalue weighted by Gasteiger charge is 2.06. The molecule has 2 heterocycles. The van der Waals surface area contributed by atoms with Gasteiger partial charge >= 0.3 is 0 Å². The van der Waals surface area contributed by atoms with Gasteiger partial charge in [-0.3, -0.25) is 4.40 Å².